The van der Waals surface area contributed by atoms with Crippen molar-refractivity contribution in [2.75, 3.05) is 0 Å². The molecule has 0 aliphatic rings. The highest BCUT2D eigenvalue weighted by molar-refractivity contribution is 6.24. The molecule has 0 bridgehead atoms. The minimum atomic E-state index is -0.298. The van der Waals surface area contributed by atoms with Crippen molar-refractivity contribution in [2.45, 2.75) is 13.8 Å². The number of hydrogen-bond donors (Lipinski definition) is 0. The third kappa shape index (κ3) is 5.85. The van der Waals surface area contributed by atoms with Crippen LogP contribution in [0.5, 0.6) is 0 Å². The number of para-hydroxylation sites is 2. The second kappa shape index (κ2) is 13.9. The molecule has 0 unspecified atom stereocenters. The van der Waals surface area contributed by atoms with Crippen molar-refractivity contribution in [3.8, 4) is 28.5 Å². The van der Waals surface area contributed by atoms with E-state index in [1.807, 2.05) is 91.9 Å². The van der Waals surface area contributed by atoms with Crippen LogP contribution in [0.1, 0.15) is 25.2 Å². The minimum Gasteiger partial charge on any atom is -0.311 e. The molecule has 3 heterocycles. The van der Waals surface area contributed by atoms with E-state index in [1.54, 1.807) is 0 Å². The van der Waals surface area contributed by atoms with Gasteiger partial charge in [-0.25, -0.2) is 19.3 Å². The molecular weight excluding hydrogens is 702 g/mol. The molecule has 0 fully saturated rings. The molecular formula is C51H34FN5. The van der Waals surface area contributed by atoms with Crippen LogP contribution in [0.3, 0.4) is 0 Å². The second-order valence-electron chi connectivity index (χ2n) is 14.1. The van der Waals surface area contributed by atoms with Gasteiger partial charge in [0.05, 0.1) is 27.8 Å². The molecule has 0 N–H and O–H groups in total. The predicted octanol–water partition coefficient (Wildman–Crippen LogP) is 12.6. The first-order valence-corrected chi connectivity index (χ1v) is 18.9. The number of aromatic nitrogens is 5. The summed E-state index contributed by atoms with van der Waals surface area (Å²) in [5, 5.41) is 4.54. The van der Waals surface area contributed by atoms with Gasteiger partial charge in [0.2, 0.25) is 0 Å². The summed E-state index contributed by atoms with van der Waals surface area (Å²) >= 11 is 0. The van der Waals surface area contributed by atoms with Crippen molar-refractivity contribution in [3.05, 3.63) is 199 Å². The van der Waals surface area contributed by atoms with E-state index >= 15 is 0 Å². The maximum Gasteiger partial charge on any atom is 0.164 e. The van der Waals surface area contributed by atoms with Gasteiger partial charge in [-0.05, 0) is 73.5 Å². The van der Waals surface area contributed by atoms with Gasteiger partial charge in [-0.3, -0.25) is 4.57 Å². The molecule has 0 saturated carbocycles. The lowest BCUT2D eigenvalue weighted by Crippen LogP contribution is -2.03. The summed E-state index contributed by atoms with van der Waals surface area (Å²) in [7, 11) is 0. The van der Waals surface area contributed by atoms with E-state index in [0.717, 1.165) is 82.8 Å². The van der Waals surface area contributed by atoms with Gasteiger partial charge in [0.1, 0.15) is 5.82 Å². The first-order chi connectivity index (χ1) is 28.0. The van der Waals surface area contributed by atoms with Crippen LogP contribution in [0.15, 0.2) is 170 Å². The summed E-state index contributed by atoms with van der Waals surface area (Å²) in [6.07, 6.45) is 2.12. The normalized spacial score (nSPS) is 12.4. The Morgan fingerprint density at radius 3 is 1.77 bits per heavy atom. The molecule has 270 valence electrons. The summed E-state index contributed by atoms with van der Waals surface area (Å²) in [5.74, 6) is 1.43. The van der Waals surface area contributed by atoms with E-state index in [4.69, 9.17) is 15.0 Å². The number of rotatable bonds is 7. The van der Waals surface area contributed by atoms with Gasteiger partial charge in [-0.15, -0.1) is 0 Å². The second-order valence-corrected chi connectivity index (χ2v) is 14.1. The topological polar surface area (TPSA) is 48.5 Å². The third-order valence-corrected chi connectivity index (χ3v) is 10.6. The van der Waals surface area contributed by atoms with Crippen molar-refractivity contribution in [3.63, 3.8) is 0 Å². The van der Waals surface area contributed by atoms with Crippen LogP contribution >= 0.6 is 0 Å². The van der Waals surface area contributed by atoms with E-state index in [9.17, 15) is 4.39 Å². The molecule has 0 atom stereocenters. The maximum atomic E-state index is 14.6. The van der Waals surface area contributed by atoms with E-state index in [1.165, 1.54) is 12.1 Å². The maximum absolute atomic E-state index is 14.6. The number of allylic oxidation sites excluding steroid dienone is 4. The number of halogens is 1. The van der Waals surface area contributed by atoms with Crippen LogP contribution in [-0.2, 0) is 0 Å². The molecule has 0 radical (unpaired) electrons. The fraction of sp³-hybridized carbons (Fsp3) is 0.0392. The number of fused-ring (bicyclic) bond motifs is 7. The van der Waals surface area contributed by atoms with Gasteiger partial charge in [0.15, 0.2) is 17.5 Å². The van der Waals surface area contributed by atoms with Gasteiger partial charge in [0.25, 0.3) is 0 Å². The van der Waals surface area contributed by atoms with Crippen LogP contribution in [0.2, 0.25) is 0 Å². The van der Waals surface area contributed by atoms with Gasteiger partial charge < -0.3 is 4.57 Å². The molecule has 57 heavy (non-hydrogen) atoms. The van der Waals surface area contributed by atoms with Crippen molar-refractivity contribution in [1.82, 2.24) is 24.1 Å². The Morgan fingerprint density at radius 1 is 0.561 bits per heavy atom. The fourth-order valence-corrected chi connectivity index (χ4v) is 7.99. The molecule has 0 aliphatic carbocycles. The number of benzene rings is 6. The van der Waals surface area contributed by atoms with E-state index in [2.05, 4.69) is 101 Å². The number of nitrogens with zero attached hydrogens (tertiary/aromatic N) is 5. The standard InChI is InChI=1S/C51H34FN5/c1-33(49-53-50(36-16-6-3-7-17-36)55-51(54-49)37-18-8-4-9-19-37)32-44(35-26-28-38(52)29-27-35)34(2)56-45-24-14-12-22-40(45)42-30-31-43-41-23-13-15-25-46(41)57(48(43)47(42)56)39-20-10-5-11-21-39/h3-10,12-20,22-32H,1-2H3/b33-32+,44-34-. The molecule has 0 aliphatic heterocycles. The zero-order valence-electron chi connectivity index (χ0n) is 31.3. The van der Waals surface area contributed by atoms with Crippen molar-refractivity contribution < 1.29 is 4.39 Å². The molecule has 6 heteroatoms. The molecule has 3 aromatic heterocycles. The lowest BCUT2D eigenvalue weighted by atomic mass is 10.0. The first kappa shape index (κ1) is 33.9. The summed E-state index contributed by atoms with van der Waals surface area (Å²) in [6.45, 7) is 4.17. The number of hydrogen-bond acceptors (Lipinski definition) is 3. The Hall–Kier alpha value is -7.62. The Kier molecular flexibility index (Phi) is 8.27. The molecule has 7 aromatic carbocycles. The highest BCUT2D eigenvalue weighted by Crippen LogP contribution is 2.42. The lowest BCUT2D eigenvalue weighted by Gasteiger charge is -2.16. The monoisotopic (exact) mass is 735 g/mol. The van der Waals surface area contributed by atoms with Gasteiger partial charge in [-0.2, -0.15) is 0 Å². The largest absolute Gasteiger partial charge is 0.311 e. The predicted molar refractivity (Wildman–Crippen MR) is 231 cm³/mol. The summed E-state index contributed by atoms with van der Waals surface area (Å²) in [5.41, 5.74) is 10.5. The molecule has 0 saturated heterocycles. The zero-order chi connectivity index (χ0) is 38.5. The lowest BCUT2D eigenvalue weighted by molar-refractivity contribution is 0.627. The molecule has 10 aromatic rings. The zero-order valence-corrected chi connectivity index (χ0v) is 31.3. The minimum absolute atomic E-state index is 0.298. The average molecular weight is 736 g/mol. The summed E-state index contributed by atoms with van der Waals surface area (Å²) in [6, 6.07) is 60.7. The molecule has 5 nitrogen and oxygen atoms in total. The van der Waals surface area contributed by atoms with Gasteiger partial charge in [-0.1, -0.05) is 133 Å². The Bertz CT molecular complexity index is 3120. The van der Waals surface area contributed by atoms with Crippen LogP contribution in [0.4, 0.5) is 4.39 Å². The Labute approximate surface area is 329 Å². The SMILES string of the molecule is C/C(=C(\C=C(/C)c1nc(-c2ccccc2)nc(-c2ccccc2)n1)c1ccc(F)cc1)n1c2ccccc2c2ccc3c4ccccc4n(-c4c#cccc4)c3c21. The summed E-state index contributed by atoms with van der Waals surface area (Å²) in [4.78, 5) is 15.0. The molecule has 0 amide bonds. The highest BCUT2D eigenvalue weighted by atomic mass is 19.1. The fourth-order valence-electron chi connectivity index (χ4n) is 7.99. The smallest absolute Gasteiger partial charge is 0.164 e. The van der Waals surface area contributed by atoms with Crippen LogP contribution < -0.4 is 0 Å². The van der Waals surface area contributed by atoms with Crippen LogP contribution in [0, 0.1) is 17.9 Å². The first-order valence-electron chi connectivity index (χ1n) is 18.9. The van der Waals surface area contributed by atoms with Crippen molar-refractivity contribution >= 4 is 60.5 Å². The Morgan fingerprint density at radius 2 is 1.14 bits per heavy atom. The quantitative estimate of drug-likeness (QED) is 0.153. The van der Waals surface area contributed by atoms with E-state index in [0.29, 0.717) is 17.5 Å². The summed E-state index contributed by atoms with van der Waals surface area (Å²) < 4.78 is 19.2. The highest BCUT2D eigenvalue weighted by Gasteiger charge is 2.22. The van der Waals surface area contributed by atoms with Crippen molar-refractivity contribution in [1.29, 1.82) is 0 Å². The third-order valence-electron chi connectivity index (χ3n) is 10.6. The van der Waals surface area contributed by atoms with E-state index in [-0.39, 0.29) is 5.82 Å². The van der Waals surface area contributed by atoms with Crippen LogP contribution in [0.25, 0.3) is 88.9 Å². The molecule has 0 spiro atoms. The van der Waals surface area contributed by atoms with Crippen LogP contribution in [-0.4, -0.2) is 24.1 Å². The van der Waals surface area contributed by atoms with E-state index < -0.39 is 0 Å². The Balaban J connectivity index is 1.29. The van der Waals surface area contributed by atoms with Crippen molar-refractivity contribution in [2.24, 2.45) is 0 Å². The van der Waals surface area contributed by atoms with Gasteiger partial charge in [0, 0.05) is 43.9 Å². The average Bonchev–Trinajstić information content (AvgIpc) is 3.79. The van der Waals surface area contributed by atoms with Gasteiger partial charge >= 0.3 is 0 Å². The molecule has 10 rings (SSSR count).